The molecule has 0 spiro atoms. The molecule has 4 N–H and O–H groups in total. The first-order chi connectivity index (χ1) is 31.6. The molecule has 4 aliphatic rings. The van der Waals surface area contributed by atoms with E-state index in [1.807, 2.05) is 39.0 Å². The number of methoxy groups -OCH3 is 1. The van der Waals surface area contributed by atoms with Gasteiger partial charge in [0, 0.05) is 74.3 Å². The third-order valence-corrected chi connectivity index (χ3v) is 14.1. The van der Waals surface area contributed by atoms with Crippen LogP contribution in [-0.2, 0) is 52.8 Å². The lowest BCUT2D eigenvalue weighted by Crippen LogP contribution is -2.62. The SMILES string of the molecule is CCn1c(-c2cccnc2[C@H](C)OC)c2c3cc(ccc31)-c1cc(O)cc(c1)C[C@H](NC(=O)C(C(C)C)N(C)C(=O)[C@H]1CC[C@H]3OCCN[C@@H]13)C(=O)N1CCC[C@H](N1)C(=O)OCC(C)(C)C2. The Morgan fingerprint density at radius 3 is 2.64 bits per heavy atom. The number of amides is 3. The molecule has 3 fully saturated rings. The molecular formula is C51H67N7O8. The second-order valence-corrected chi connectivity index (χ2v) is 19.7. The maximum absolute atomic E-state index is 14.8. The molecule has 2 aromatic heterocycles. The van der Waals surface area contributed by atoms with Gasteiger partial charge in [-0.05, 0) is 111 Å². The van der Waals surface area contributed by atoms with Crippen molar-refractivity contribution in [3.8, 4) is 28.1 Å². The van der Waals surface area contributed by atoms with Gasteiger partial charge >= 0.3 is 5.97 Å². The average Bonchev–Trinajstić information content (AvgIpc) is 3.87. The van der Waals surface area contributed by atoms with Gasteiger partial charge in [-0.3, -0.25) is 29.2 Å². The molecular weight excluding hydrogens is 839 g/mol. The largest absolute Gasteiger partial charge is 0.508 e. The van der Waals surface area contributed by atoms with Gasteiger partial charge in [-0.25, -0.2) is 5.43 Å². The lowest BCUT2D eigenvalue weighted by molar-refractivity contribution is -0.155. The molecule has 4 aromatic rings. The fraction of sp³-hybridized carbons (Fsp3) is 0.549. The summed E-state index contributed by atoms with van der Waals surface area (Å²) in [7, 11) is 3.34. The fourth-order valence-electron chi connectivity index (χ4n) is 10.8. The molecule has 1 aliphatic carbocycles. The number of phenols is 1. The van der Waals surface area contributed by atoms with Crippen LogP contribution in [0.2, 0.25) is 0 Å². The van der Waals surface area contributed by atoms with Crippen LogP contribution < -0.4 is 16.1 Å². The molecule has 0 radical (unpaired) electrons. The quantitative estimate of drug-likeness (QED) is 0.152. The highest BCUT2D eigenvalue weighted by atomic mass is 16.5. The van der Waals surface area contributed by atoms with Crippen LogP contribution in [-0.4, -0.2) is 119 Å². The van der Waals surface area contributed by atoms with Gasteiger partial charge in [-0.15, -0.1) is 0 Å². The molecule has 6 bridgehead atoms. The Morgan fingerprint density at radius 1 is 1.08 bits per heavy atom. The summed E-state index contributed by atoms with van der Waals surface area (Å²) in [5, 5.41) is 20.3. The normalized spacial score (nSPS) is 24.3. The van der Waals surface area contributed by atoms with Gasteiger partial charge in [0.15, 0.2) is 0 Å². The van der Waals surface area contributed by atoms with Gasteiger partial charge in [0.05, 0.1) is 42.7 Å². The predicted molar refractivity (Wildman–Crippen MR) is 251 cm³/mol. The third-order valence-electron chi connectivity index (χ3n) is 14.1. The number of fused-ring (bicyclic) bond motifs is 7. The van der Waals surface area contributed by atoms with Crippen molar-refractivity contribution in [2.45, 2.75) is 123 Å². The fourth-order valence-corrected chi connectivity index (χ4v) is 10.8. The van der Waals surface area contributed by atoms with Gasteiger partial charge in [0.1, 0.15) is 23.9 Å². The summed E-state index contributed by atoms with van der Waals surface area (Å²) in [5.74, 6) is -2.14. The van der Waals surface area contributed by atoms with Crippen LogP contribution in [0.15, 0.2) is 54.7 Å². The number of pyridine rings is 1. The predicted octanol–water partition coefficient (Wildman–Crippen LogP) is 5.70. The van der Waals surface area contributed by atoms with Gasteiger partial charge in [0.2, 0.25) is 11.8 Å². The van der Waals surface area contributed by atoms with Gasteiger partial charge in [0.25, 0.3) is 5.91 Å². The Balaban J connectivity index is 1.20. The lowest BCUT2D eigenvalue weighted by atomic mass is 9.84. The number of carbonyl (C=O) groups excluding carboxylic acids is 4. The van der Waals surface area contributed by atoms with E-state index in [1.165, 1.54) is 9.91 Å². The third kappa shape index (κ3) is 9.45. The first kappa shape index (κ1) is 47.2. The minimum Gasteiger partial charge on any atom is -0.508 e. The van der Waals surface area contributed by atoms with Crippen LogP contribution in [0.4, 0.5) is 0 Å². The average molecular weight is 906 g/mol. The number of phenolic OH excluding ortho intramolecular Hbond substituents is 1. The number of aromatic hydroxyl groups is 1. The number of esters is 1. The van der Waals surface area contributed by atoms with Crippen LogP contribution in [0, 0.1) is 17.3 Å². The molecule has 66 heavy (non-hydrogen) atoms. The van der Waals surface area contributed by atoms with E-state index in [9.17, 15) is 24.3 Å². The van der Waals surface area contributed by atoms with Gasteiger partial charge in [-0.2, -0.15) is 0 Å². The molecule has 5 heterocycles. The van der Waals surface area contributed by atoms with Crippen molar-refractivity contribution in [3.63, 3.8) is 0 Å². The number of morpholine rings is 1. The number of hydrogen-bond donors (Lipinski definition) is 4. The summed E-state index contributed by atoms with van der Waals surface area (Å²) in [5.41, 5.74) is 9.70. The minimum absolute atomic E-state index is 0.00993. The Hall–Kier alpha value is -5.35. The highest BCUT2D eigenvalue weighted by molar-refractivity contribution is 5.96. The second-order valence-electron chi connectivity index (χ2n) is 19.7. The molecule has 3 aliphatic heterocycles. The van der Waals surface area contributed by atoms with Crippen molar-refractivity contribution in [2.24, 2.45) is 17.3 Å². The van der Waals surface area contributed by atoms with E-state index in [4.69, 9.17) is 19.2 Å². The number of hydrogen-bond acceptors (Lipinski definition) is 11. The number of likely N-dealkylation sites (N-methyl/N-ethyl adjacent to an activating group) is 1. The van der Waals surface area contributed by atoms with E-state index in [-0.39, 0.29) is 54.8 Å². The number of cyclic esters (lactones) is 1. The van der Waals surface area contributed by atoms with E-state index in [0.717, 1.165) is 51.0 Å². The monoisotopic (exact) mass is 906 g/mol. The van der Waals surface area contributed by atoms with E-state index in [2.05, 4.69) is 59.6 Å². The molecule has 8 rings (SSSR count). The Kier molecular flexibility index (Phi) is 13.9. The Morgan fingerprint density at radius 2 is 1.88 bits per heavy atom. The summed E-state index contributed by atoms with van der Waals surface area (Å²) < 4.78 is 20.2. The smallest absolute Gasteiger partial charge is 0.324 e. The van der Waals surface area contributed by atoms with Crippen LogP contribution in [0.3, 0.4) is 0 Å². The van der Waals surface area contributed by atoms with Gasteiger partial charge < -0.3 is 39.4 Å². The Labute approximate surface area is 387 Å². The molecule has 1 unspecified atom stereocenters. The zero-order valence-corrected chi connectivity index (χ0v) is 39.7. The standard InChI is InChI=1S/C51H67N7O8/c1-9-57-41-16-14-32-26-37(41)38(46(57)35-12-10-18-52-43(35)30(4)64-8)27-51(5,6)28-66-50(63)39-13-11-20-58(55-39)49(62)40(24-31-22-33(32)25-34(59)23-31)54-47(60)45(29(2)3)56(7)48(61)36-15-17-42-44(36)53-19-21-65-42/h10,12,14,16,18,22-23,25-26,29-30,36,39-40,42,44-45,53,55,59H,9,11,13,15,17,19-21,24,27-28H2,1-8H3,(H,54,60)/t30-,36-,39-,40-,42+,44-,45?/m0/s1. The lowest BCUT2D eigenvalue weighted by Gasteiger charge is -2.37. The molecule has 15 heteroatoms. The molecule has 2 saturated heterocycles. The summed E-state index contributed by atoms with van der Waals surface area (Å²) in [6.45, 7) is 14.4. The summed E-state index contributed by atoms with van der Waals surface area (Å²) in [4.78, 5) is 63.8. The number of ether oxygens (including phenoxy) is 3. The zero-order valence-electron chi connectivity index (χ0n) is 39.7. The Bertz CT molecular complexity index is 2470. The number of nitrogens with one attached hydrogen (secondary N) is 3. The van der Waals surface area contributed by atoms with E-state index < -0.39 is 41.3 Å². The molecule has 1 saturated carbocycles. The molecule has 3 amide bonds. The number of rotatable bonds is 9. The summed E-state index contributed by atoms with van der Waals surface area (Å²) in [6.07, 6.45) is 4.44. The van der Waals surface area contributed by atoms with Crippen LogP contribution in [0.5, 0.6) is 5.75 Å². The molecule has 2 aromatic carbocycles. The minimum atomic E-state index is -1.13. The van der Waals surface area contributed by atoms with E-state index in [1.54, 1.807) is 32.5 Å². The number of nitrogens with zero attached hydrogens (tertiary/aromatic N) is 4. The molecule has 15 nitrogen and oxygen atoms in total. The second kappa shape index (κ2) is 19.5. The zero-order chi connectivity index (χ0) is 47.0. The van der Waals surface area contributed by atoms with Crippen molar-refractivity contribution in [1.29, 1.82) is 0 Å². The van der Waals surface area contributed by atoms with Crippen molar-refractivity contribution in [1.82, 2.24) is 35.5 Å². The van der Waals surface area contributed by atoms with Gasteiger partial charge in [-0.1, -0.05) is 39.8 Å². The summed E-state index contributed by atoms with van der Waals surface area (Å²) >= 11 is 0. The van der Waals surface area contributed by atoms with E-state index >= 15 is 0 Å². The highest BCUT2D eigenvalue weighted by Gasteiger charge is 2.46. The van der Waals surface area contributed by atoms with Crippen molar-refractivity contribution in [2.75, 3.05) is 40.5 Å². The molecule has 354 valence electrons. The number of benzene rings is 2. The first-order valence-corrected chi connectivity index (χ1v) is 23.7. The van der Waals surface area contributed by atoms with Crippen molar-refractivity contribution >= 4 is 34.6 Å². The maximum Gasteiger partial charge on any atom is 0.324 e. The first-order valence-electron chi connectivity index (χ1n) is 23.7. The maximum atomic E-state index is 14.8. The van der Waals surface area contributed by atoms with Crippen molar-refractivity contribution in [3.05, 3.63) is 71.5 Å². The van der Waals surface area contributed by atoms with Crippen LogP contribution in [0.25, 0.3) is 33.3 Å². The van der Waals surface area contributed by atoms with Crippen LogP contribution >= 0.6 is 0 Å². The van der Waals surface area contributed by atoms with Crippen LogP contribution in [0.1, 0.15) is 90.2 Å². The number of aromatic nitrogens is 2. The topological polar surface area (TPSA) is 177 Å². The van der Waals surface area contributed by atoms with E-state index in [0.29, 0.717) is 57.5 Å². The number of hydrazine groups is 1. The number of carbonyl (C=O) groups is 4. The molecule has 7 atom stereocenters. The number of aryl methyl sites for hydroxylation is 1. The highest BCUT2D eigenvalue weighted by Crippen LogP contribution is 2.42. The summed E-state index contributed by atoms with van der Waals surface area (Å²) in [6, 6.07) is 12.7. The van der Waals surface area contributed by atoms with Crippen molar-refractivity contribution < 1.29 is 38.5 Å².